The lowest BCUT2D eigenvalue weighted by Crippen LogP contribution is -2.26. The molecule has 0 aromatic heterocycles. The number of hydrogen-bond donors (Lipinski definition) is 3. The molecule has 0 unspecified atom stereocenters. The van der Waals surface area contributed by atoms with E-state index in [9.17, 15) is 4.79 Å². The number of nitrogens with zero attached hydrogens (tertiary/aromatic N) is 1. The molecule has 4 N–H and O–H groups in total. The number of unbranched alkanes of at least 4 members (excludes halogenated alkanes) is 3. The lowest BCUT2D eigenvalue weighted by molar-refractivity contribution is 0.203. The second kappa shape index (κ2) is 11.1. The lowest BCUT2D eigenvalue weighted by atomic mass is 9.72. The van der Waals surface area contributed by atoms with E-state index in [0.717, 1.165) is 19.3 Å². The zero-order chi connectivity index (χ0) is 16.1. The number of amides is 2. The molecule has 122 valence electrons. The molecular weight excluding hydrogens is 272 g/mol. The van der Waals surface area contributed by atoms with Crippen LogP contribution in [0.1, 0.15) is 71.1 Å². The Labute approximate surface area is 126 Å². The Balaban J connectivity index is 0.000000885. The normalized spacial score (nSPS) is 17.0. The summed E-state index contributed by atoms with van der Waals surface area (Å²) in [5, 5.41) is 15.9. The molecule has 1 fully saturated rings. The van der Waals surface area contributed by atoms with Crippen molar-refractivity contribution in [1.29, 1.82) is 0 Å². The predicted octanol–water partition coefficient (Wildman–Crippen LogP) is 4.28. The molecule has 0 aromatic rings. The van der Waals surface area contributed by atoms with Gasteiger partial charge in [0.2, 0.25) is 0 Å². The summed E-state index contributed by atoms with van der Waals surface area (Å²) >= 11 is 0. The van der Waals surface area contributed by atoms with Crippen LogP contribution in [0.15, 0.2) is 4.99 Å². The highest BCUT2D eigenvalue weighted by Gasteiger charge is 2.29. The largest absolute Gasteiger partial charge is 0.465 e. The molecule has 0 radical (unpaired) electrons. The number of hydrogen-bond acceptors (Lipinski definition) is 2. The Hall–Kier alpha value is -1.59. The van der Waals surface area contributed by atoms with Crippen molar-refractivity contribution in [1.82, 2.24) is 0 Å². The molecule has 0 spiro atoms. The molecule has 0 bridgehead atoms. The van der Waals surface area contributed by atoms with Gasteiger partial charge in [0.25, 0.3) is 0 Å². The molecule has 0 saturated heterocycles. The molecule has 1 aliphatic rings. The van der Waals surface area contributed by atoms with Crippen LogP contribution < -0.4 is 5.73 Å². The van der Waals surface area contributed by atoms with Gasteiger partial charge in [0.05, 0.1) is 0 Å². The van der Waals surface area contributed by atoms with Crippen LogP contribution in [0.5, 0.6) is 0 Å². The fraction of sp³-hybridized carbons (Fsp3) is 0.800. The zero-order valence-electron chi connectivity index (χ0n) is 12.9. The average Bonchev–Trinajstić information content (AvgIpc) is 2.42. The monoisotopic (exact) mass is 300 g/mol. The first-order valence-corrected chi connectivity index (χ1v) is 7.68. The first-order valence-electron chi connectivity index (χ1n) is 7.68. The number of nitrogens with two attached hydrogens (primary N) is 1. The van der Waals surface area contributed by atoms with Gasteiger partial charge in [-0.2, -0.15) is 4.99 Å². The third-order valence-corrected chi connectivity index (χ3v) is 3.83. The van der Waals surface area contributed by atoms with E-state index < -0.39 is 12.2 Å². The maximum absolute atomic E-state index is 10.6. The molecule has 1 rings (SSSR count). The van der Waals surface area contributed by atoms with Gasteiger partial charge in [-0.05, 0) is 19.3 Å². The minimum Gasteiger partial charge on any atom is -0.465 e. The molecule has 0 atom stereocenters. The van der Waals surface area contributed by atoms with E-state index in [4.69, 9.17) is 15.0 Å². The summed E-state index contributed by atoms with van der Waals surface area (Å²) in [6.07, 6.45) is 11.4. The molecule has 0 heterocycles. The van der Waals surface area contributed by atoms with E-state index in [2.05, 4.69) is 17.6 Å². The van der Waals surface area contributed by atoms with Gasteiger partial charge in [-0.1, -0.05) is 51.9 Å². The summed E-state index contributed by atoms with van der Waals surface area (Å²) in [7, 11) is 0. The summed E-state index contributed by atoms with van der Waals surface area (Å²) in [6, 6.07) is 0. The second-order valence-corrected chi connectivity index (χ2v) is 5.61. The van der Waals surface area contributed by atoms with Crippen molar-refractivity contribution in [3.05, 3.63) is 0 Å². The van der Waals surface area contributed by atoms with E-state index >= 15 is 0 Å². The lowest BCUT2D eigenvalue weighted by Gasteiger charge is -2.33. The highest BCUT2D eigenvalue weighted by Crippen LogP contribution is 2.39. The minimum atomic E-state index is -1.33. The molecule has 0 aromatic carbocycles. The van der Waals surface area contributed by atoms with Crippen LogP contribution in [0.4, 0.5) is 9.59 Å². The Morgan fingerprint density at radius 1 is 1.14 bits per heavy atom. The van der Waals surface area contributed by atoms with Crippen LogP contribution >= 0.6 is 0 Å². The number of primary amides is 1. The van der Waals surface area contributed by atoms with E-state index in [0.29, 0.717) is 0 Å². The van der Waals surface area contributed by atoms with Gasteiger partial charge < -0.3 is 15.9 Å². The van der Waals surface area contributed by atoms with Crippen LogP contribution in [0.3, 0.4) is 0 Å². The third-order valence-electron chi connectivity index (χ3n) is 3.83. The van der Waals surface area contributed by atoms with Gasteiger partial charge in [-0.25, -0.2) is 9.59 Å². The molecule has 6 heteroatoms. The number of carboxylic acid groups (broad SMARTS) is 2. The molecule has 6 nitrogen and oxygen atoms in total. The van der Waals surface area contributed by atoms with E-state index in [1.54, 1.807) is 6.21 Å². The standard InChI is InChI=1S/C14H25NO2.CH3NO2/c1-2-3-4-6-9-14(12-15-13(16)17)10-7-5-8-11-14;2-1(3)4/h12H,2-11H2,1H3,(H,16,17);2H2,(H,3,4). The fourth-order valence-electron chi connectivity index (χ4n) is 2.80. The smallest absolute Gasteiger partial charge is 0.430 e. The zero-order valence-corrected chi connectivity index (χ0v) is 12.9. The molecular formula is C15H28N2O4. The summed E-state index contributed by atoms with van der Waals surface area (Å²) in [5.41, 5.74) is 4.12. The van der Waals surface area contributed by atoms with Gasteiger partial charge in [-0.15, -0.1) is 0 Å². The Bertz CT molecular complexity index is 333. The summed E-state index contributed by atoms with van der Waals surface area (Å²) in [5.74, 6) is 0. The van der Waals surface area contributed by atoms with Gasteiger partial charge in [0.15, 0.2) is 0 Å². The van der Waals surface area contributed by atoms with Crippen LogP contribution in [0, 0.1) is 5.41 Å². The van der Waals surface area contributed by atoms with Crippen LogP contribution in [-0.2, 0) is 0 Å². The maximum Gasteiger partial charge on any atom is 0.430 e. The molecule has 0 aliphatic heterocycles. The Kier molecular flexibility index (Phi) is 10.3. The third kappa shape index (κ3) is 10.8. The van der Waals surface area contributed by atoms with Crippen molar-refractivity contribution < 1.29 is 19.8 Å². The van der Waals surface area contributed by atoms with Gasteiger partial charge in [0.1, 0.15) is 0 Å². The van der Waals surface area contributed by atoms with E-state index in [-0.39, 0.29) is 5.41 Å². The molecule has 1 aliphatic carbocycles. The van der Waals surface area contributed by atoms with Crippen LogP contribution in [0.25, 0.3) is 0 Å². The topological polar surface area (TPSA) is 113 Å². The number of carbonyl (C=O) groups is 2. The maximum atomic E-state index is 10.6. The minimum absolute atomic E-state index is 0.0877. The highest BCUT2D eigenvalue weighted by atomic mass is 16.4. The van der Waals surface area contributed by atoms with Gasteiger partial charge in [0, 0.05) is 11.6 Å². The molecule has 21 heavy (non-hydrogen) atoms. The number of rotatable bonds is 6. The van der Waals surface area contributed by atoms with E-state index in [1.807, 2.05) is 0 Å². The van der Waals surface area contributed by atoms with Crippen molar-refractivity contribution >= 4 is 18.4 Å². The second-order valence-electron chi connectivity index (χ2n) is 5.61. The Morgan fingerprint density at radius 3 is 2.19 bits per heavy atom. The van der Waals surface area contributed by atoms with Crippen molar-refractivity contribution in [3.8, 4) is 0 Å². The first kappa shape index (κ1) is 19.4. The predicted molar refractivity (Wildman–Crippen MR) is 83.0 cm³/mol. The average molecular weight is 300 g/mol. The number of aliphatic imine (C=N–C) groups is 1. The van der Waals surface area contributed by atoms with Crippen molar-refractivity contribution in [2.24, 2.45) is 16.1 Å². The first-order chi connectivity index (χ1) is 9.92. The quantitative estimate of drug-likeness (QED) is 0.501. The highest BCUT2D eigenvalue weighted by molar-refractivity contribution is 5.80. The van der Waals surface area contributed by atoms with Crippen LogP contribution in [0.2, 0.25) is 0 Å². The van der Waals surface area contributed by atoms with Crippen molar-refractivity contribution in [3.63, 3.8) is 0 Å². The van der Waals surface area contributed by atoms with E-state index in [1.165, 1.54) is 44.9 Å². The van der Waals surface area contributed by atoms with Crippen LogP contribution in [-0.4, -0.2) is 28.6 Å². The van der Waals surface area contributed by atoms with Gasteiger partial charge in [-0.3, -0.25) is 0 Å². The van der Waals surface area contributed by atoms with Crippen molar-refractivity contribution in [2.45, 2.75) is 71.1 Å². The van der Waals surface area contributed by atoms with Crippen molar-refractivity contribution in [2.75, 3.05) is 0 Å². The molecule has 1 saturated carbocycles. The molecule has 2 amide bonds. The summed E-state index contributed by atoms with van der Waals surface area (Å²) in [6.45, 7) is 2.21. The van der Waals surface area contributed by atoms with Gasteiger partial charge >= 0.3 is 12.2 Å². The summed E-state index contributed by atoms with van der Waals surface area (Å²) in [4.78, 5) is 23.0. The Morgan fingerprint density at radius 2 is 1.71 bits per heavy atom. The fourth-order valence-corrected chi connectivity index (χ4v) is 2.80. The summed E-state index contributed by atoms with van der Waals surface area (Å²) < 4.78 is 0. The SMILES string of the molecule is CCCCCCC1(C=NC(=O)O)CCCCC1.NC(=O)O.